The van der Waals surface area contributed by atoms with Gasteiger partial charge in [-0.1, -0.05) is 83.3 Å². The topological polar surface area (TPSA) is 107 Å². The molecular weight excluding hydrogens is 623 g/mol. The lowest BCUT2D eigenvalue weighted by molar-refractivity contribution is -0.122. The second kappa shape index (κ2) is 11.8. The van der Waals surface area contributed by atoms with Crippen molar-refractivity contribution in [2.45, 2.75) is 29.7 Å². The highest BCUT2D eigenvalue weighted by molar-refractivity contribution is 8.00. The predicted molar refractivity (Wildman–Crippen MR) is 179 cm³/mol. The molecule has 7 rings (SSSR count). The van der Waals surface area contributed by atoms with Gasteiger partial charge < -0.3 is 14.8 Å². The highest BCUT2D eigenvalue weighted by Crippen LogP contribution is 2.54. The van der Waals surface area contributed by atoms with Crippen molar-refractivity contribution in [3.63, 3.8) is 0 Å². The first-order valence-electron chi connectivity index (χ1n) is 14.6. The van der Waals surface area contributed by atoms with Crippen LogP contribution in [0.5, 0.6) is 11.5 Å². The molecule has 46 heavy (non-hydrogen) atoms. The smallest absolute Gasteiger partial charge is 0.308 e. The van der Waals surface area contributed by atoms with Gasteiger partial charge >= 0.3 is 4.87 Å². The minimum absolute atomic E-state index is 0.249. The molecule has 0 radical (unpaired) electrons. The van der Waals surface area contributed by atoms with Gasteiger partial charge in [0.2, 0.25) is 17.7 Å². The van der Waals surface area contributed by atoms with Gasteiger partial charge in [-0.2, -0.15) is 0 Å². The van der Waals surface area contributed by atoms with Crippen LogP contribution in [0.1, 0.15) is 21.9 Å². The lowest BCUT2D eigenvalue weighted by Crippen LogP contribution is -2.33. The number of fused-ring (bicyclic) bond motifs is 3. The number of rotatable bonds is 7. The van der Waals surface area contributed by atoms with E-state index < -0.39 is 17.1 Å². The summed E-state index contributed by atoms with van der Waals surface area (Å²) in [6.07, 6.45) is 0. The van der Waals surface area contributed by atoms with Crippen LogP contribution in [0, 0.1) is 12.8 Å². The molecule has 1 N–H and O–H groups in total. The fourth-order valence-electron chi connectivity index (χ4n) is 6.28. The van der Waals surface area contributed by atoms with Crippen molar-refractivity contribution in [2.24, 2.45) is 5.92 Å². The SMILES string of the molecule is COc1ccc(C2c3sc(=O)n(CC(=O)Nc4cccc5ccccc45)c3SC3C(=O)N(c4ccc(C)cc4)C(=O)C32)cc1OC. The number of thiazole rings is 1. The van der Waals surface area contributed by atoms with Gasteiger partial charge in [0.05, 0.1) is 30.9 Å². The van der Waals surface area contributed by atoms with Gasteiger partial charge in [0.1, 0.15) is 11.8 Å². The number of carbonyl (C=O) groups is 3. The lowest BCUT2D eigenvalue weighted by Gasteiger charge is -2.31. The number of amides is 3. The van der Waals surface area contributed by atoms with Crippen molar-refractivity contribution in [1.82, 2.24) is 4.57 Å². The maximum Gasteiger partial charge on any atom is 0.308 e. The first-order valence-corrected chi connectivity index (χ1v) is 16.3. The molecule has 2 aliphatic heterocycles. The molecule has 232 valence electrons. The Kier molecular flexibility index (Phi) is 7.66. The van der Waals surface area contributed by atoms with Crippen LogP contribution in [0.15, 0.2) is 94.7 Å². The molecule has 0 aliphatic carbocycles. The summed E-state index contributed by atoms with van der Waals surface area (Å²) in [7, 11) is 3.07. The number of anilines is 2. The second-order valence-electron chi connectivity index (χ2n) is 11.2. The molecule has 1 fully saturated rings. The largest absolute Gasteiger partial charge is 0.493 e. The van der Waals surface area contributed by atoms with E-state index in [1.165, 1.54) is 35.4 Å². The van der Waals surface area contributed by atoms with E-state index in [2.05, 4.69) is 5.32 Å². The van der Waals surface area contributed by atoms with Crippen molar-refractivity contribution < 1.29 is 23.9 Å². The number of aryl methyl sites for hydroxylation is 1. The van der Waals surface area contributed by atoms with Gasteiger partial charge in [-0.25, -0.2) is 4.90 Å². The van der Waals surface area contributed by atoms with E-state index in [-0.39, 0.29) is 29.1 Å². The zero-order chi connectivity index (χ0) is 32.1. The number of thioether (sulfide) groups is 1. The number of imide groups is 1. The molecule has 2 aliphatic rings. The summed E-state index contributed by atoms with van der Waals surface area (Å²) in [5.74, 6) is -1.50. The van der Waals surface area contributed by atoms with E-state index in [0.717, 1.165) is 27.7 Å². The van der Waals surface area contributed by atoms with E-state index >= 15 is 0 Å². The molecule has 1 aromatic heterocycles. The molecule has 0 spiro atoms. The first-order chi connectivity index (χ1) is 22.3. The molecule has 5 aromatic rings. The number of hydrogen-bond acceptors (Lipinski definition) is 8. The molecule has 3 unspecified atom stereocenters. The van der Waals surface area contributed by atoms with Crippen molar-refractivity contribution in [3.05, 3.63) is 111 Å². The van der Waals surface area contributed by atoms with Crippen LogP contribution in [-0.4, -0.2) is 41.8 Å². The number of nitrogens with zero attached hydrogens (tertiary/aromatic N) is 2. The average Bonchev–Trinajstić information content (AvgIpc) is 3.51. The maximum atomic E-state index is 14.2. The summed E-state index contributed by atoms with van der Waals surface area (Å²) in [6, 6.07) is 26.0. The molecule has 3 atom stereocenters. The molecule has 3 heterocycles. The zero-order valence-electron chi connectivity index (χ0n) is 25.2. The third-order valence-electron chi connectivity index (χ3n) is 8.47. The summed E-state index contributed by atoms with van der Waals surface area (Å²) in [4.78, 5) is 56.8. The monoisotopic (exact) mass is 651 g/mol. The molecule has 0 saturated carbocycles. The second-order valence-corrected chi connectivity index (χ2v) is 13.3. The number of aromatic nitrogens is 1. The van der Waals surface area contributed by atoms with E-state index in [0.29, 0.717) is 38.3 Å². The van der Waals surface area contributed by atoms with Gasteiger partial charge in [-0.3, -0.25) is 23.7 Å². The molecule has 3 amide bonds. The van der Waals surface area contributed by atoms with Crippen LogP contribution >= 0.6 is 23.1 Å². The Bertz CT molecular complexity index is 2080. The maximum absolute atomic E-state index is 14.2. The van der Waals surface area contributed by atoms with E-state index in [4.69, 9.17) is 9.47 Å². The summed E-state index contributed by atoms with van der Waals surface area (Å²) in [6.45, 7) is 1.69. The molecule has 9 nitrogen and oxygen atoms in total. The number of ether oxygens (including phenoxy) is 2. The summed E-state index contributed by atoms with van der Waals surface area (Å²) >= 11 is 2.18. The fourth-order valence-corrected chi connectivity index (χ4v) is 9.05. The normalized spacial score (nSPS) is 18.8. The van der Waals surface area contributed by atoms with E-state index in [9.17, 15) is 19.2 Å². The lowest BCUT2D eigenvalue weighted by atomic mass is 9.83. The van der Waals surface area contributed by atoms with Crippen molar-refractivity contribution in [3.8, 4) is 11.5 Å². The van der Waals surface area contributed by atoms with Crippen LogP contribution in [0.3, 0.4) is 0 Å². The zero-order valence-corrected chi connectivity index (χ0v) is 26.8. The van der Waals surface area contributed by atoms with Crippen molar-refractivity contribution in [1.29, 1.82) is 0 Å². The van der Waals surface area contributed by atoms with Crippen molar-refractivity contribution in [2.75, 3.05) is 24.4 Å². The van der Waals surface area contributed by atoms with Crippen LogP contribution in [0.2, 0.25) is 0 Å². The number of methoxy groups -OCH3 is 2. The summed E-state index contributed by atoms with van der Waals surface area (Å²) in [5.41, 5.74) is 2.85. The Morgan fingerprint density at radius 1 is 0.870 bits per heavy atom. The Hall–Kier alpha value is -4.87. The fraction of sp³-hybridized carbons (Fsp3) is 0.200. The van der Waals surface area contributed by atoms with Crippen molar-refractivity contribution >= 4 is 63.0 Å². The third-order valence-corrected chi connectivity index (χ3v) is 11.1. The summed E-state index contributed by atoms with van der Waals surface area (Å²) in [5, 5.41) is 4.53. The number of nitrogens with one attached hydrogen (secondary N) is 1. The molecule has 0 bridgehead atoms. The average molecular weight is 652 g/mol. The van der Waals surface area contributed by atoms with Gasteiger partial charge in [0, 0.05) is 21.9 Å². The molecule has 1 saturated heterocycles. The highest BCUT2D eigenvalue weighted by atomic mass is 32.2. The Balaban J connectivity index is 1.30. The van der Waals surface area contributed by atoms with E-state index in [1.807, 2.05) is 67.6 Å². The van der Waals surface area contributed by atoms with Crippen LogP contribution in [0.4, 0.5) is 11.4 Å². The standard InChI is InChI=1S/C35H29N3O6S2/c1-19-11-14-22(15-12-19)38-32(40)29-28(21-13-16-25(43-2)26(17-21)44-3)31-34(45-30(29)33(38)41)37(35(42)46-31)18-27(39)36-24-10-6-8-20-7-4-5-9-23(20)24/h4-17,28-30H,18H2,1-3H3,(H,36,39). The Morgan fingerprint density at radius 3 is 2.37 bits per heavy atom. The summed E-state index contributed by atoms with van der Waals surface area (Å²) < 4.78 is 12.4. The van der Waals surface area contributed by atoms with Crippen LogP contribution in [0.25, 0.3) is 10.8 Å². The molecular formula is C35H29N3O6S2. The number of carbonyl (C=O) groups excluding carboxylic acids is 3. The van der Waals surface area contributed by atoms with Crippen LogP contribution < -0.4 is 24.6 Å². The number of benzene rings is 4. The minimum atomic E-state index is -0.805. The minimum Gasteiger partial charge on any atom is -0.493 e. The van der Waals surface area contributed by atoms with Gasteiger partial charge in [-0.15, -0.1) is 0 Å². The third kappa shape index (κ3) is 4.96. The van der Waals surface area contributed by atoms with E-state index in [1.54, 1.807) is 24.3 Å². The molecule has 4 aromatic carbocycles. The quantitative estimate of drug-likeness (QED) is 0.221. The number of hydrogen-bond donors (Lipinski definition) is 1. The highest BCUT2D eigenvalue weighted by Gasteiger charge is 2.57. The molecule has 11 heteroatoms. The Labute approximate surface area is 272 Å². The van der Waals surface area contributed by atoms with Gasteiger partial charge in [0.15, 0.2) is 11.5 Å². The predicted octanol–water partition coefficient (Wildman–Crippen LogP) is 5.82. The Morgan fingerprint density at radius 2 is 1.61 bits per heavy atom. The van der Waals surface area contributed by atoms with Gasteiger partial charge in [0.25, 0.3) is 0 Å². The first kappa shape index (κ1) is 29.8. The van der Waals surface area contributed by atoms with Gasteiger partial charge in [-0.05, 0) is 48.2 Å². The van der Waals surface area contributed by atoms with Crippen LogP contribution in [-0.2, 0) is 20.9 Å².